The Morgan fingerprint density at radius 2 is 1.58 bits per heavy atom. The first-order valence-electron chi connectivity index (χ1n) is 7.54. The van der Waals surface area contributed by atoms with Crippen molar-refractivity contribution < 1.29 is 18.3 Å². The molecule has 1 amide bonds. The van der Waals surface area contributed by atoms with Crippen LogP contribution in [0.1, 0.15) is 35.7 Å². The highest BCUT2D eigenvalue weighted by atomic mass is 19.3. The van der Waals surface area contributed by atoms with Gasteiger partial charge in [0.15, 0.2) is 0 Å². The minimum atomic E-state index is -2.86. The minimum Gasteiger partial charge on any atom is -0.435 e. The van der Waals surface area contributed by atoms with Crippen molar-refractivity contribution in [2.45, 2.75) is 32.5 Å². The van der Waals surface area contributed by atoms with E-state index < -0.39 is 12.7 Å². The predicted molar refractivity (Wildman–Crippen MR) is 87.7 cm³/mol. The summed E-state index contributed by atoms with van der Waals surface area (Å²) in [4.78, 5) is 12.3. The highest BCUT2D eigenvalue weighted by Crippen LogP contribution is 2.20. The molecule has 0 aromatic heterocycles. The van der Waals surface area contributed by atoms with Crippen molar-refractivity contribution in [2.24, 2.45) is 5.73 Å². The van der Waals surface area contributed by atoms with Crippen LogP contribution in [0.3, 0.4) is 0 Å². The number of hydrogen-bond acceptors (Lipinski definition) is 3. The van der Waals surface area contributed by atoms with Crippen LogP contribution in [0.5, 0.6) is 5.75 Å². The van der Waals surface area contributed by atoms with E-state index in [1.54, 1.807) is 19.1 Å². The summed E-state index contributed by atoms with van der Waals surface area (Å²) in [5.41, 5.74) is 8.56. The summed E-state index contributed by atoms with van der Waals surface area (Å²) in [7, 11) is 0. The van der Waals surface area contributed by atoms with Crippen molar-refractivity contribution in [2.75, 3.05) is 0 Å². The average molecular weight is 334 g/mol. The van der Waals surface area contributed by atoms with Crippen molar-refractivity contribution in [3.63, 3.8) is 0 Å². The van der Waals surface area contributed by atoms with Gasteiger partial charge < -0.3 is 15.8 Å². The molecule has 0 fully saturated rings. The van der Waals surface area contributed by atoms with Crippen molar-refractivity contribution in [1.82, 2.24) is 5.32 Å². The fraction of sp³-hybridized carbons (Fsp3) is 0.278. The Morgan fingerprint density at radius 1 is 1.04 bits per heavy atom. The van der Waals surface area contributed by atoms with Crippen LogP contribution >= 0.6 is 0 Å². The van der Waals surface area contributed by atoms with Gasteiger partial charge >= 0.3 is 6.61 Å². The molecule has 0 aliphatic rings. The number of aryl methyl sites for hydroxylation is 1. The Morgan fingerprint density at radius 3 is 2.12 bits per heavy atom. The minimum absolute atomic E-state index is 0.0728. The first-order valence-corrected chi connectivity index (χ1v) is 7.54. The van der Waals surface area contributed by atoms with Gasteiger partial charge in [-0.2, -0.15) is 8.78 Å². The molecule has 0 radical (unpaired) electrons. The second-order valence-electron chi connectivity index (χ2n) is 5.57. The summed E-state index contributed by atoms with van der Waals surface area (Å²) in [6.45, 7) is 0.891. The molecule has 0 spiro atoms. The molecule has 0 heterocycles. The fourth-order valence-electron chi connectivity index (χ4n) is 2.25. The summed E-state index contributed by atoms with van der Waals surface area (Å²) in [5.74, 6) is -0.233. The fourth-order valence-corrected chi connectivity index (χ4v) is 2.25. The lowest BCUT2D eigenvalue weighted by Gasteiger charge is -2.18. The Balaban J connectivity index is 1.98. The number of amides is 1. The van der Waals surface area contributed by atoms with Crippen LogP contribution in [0.4, 0.5) is 8.78 Å². The van der Waals surface area contributed by atoms with Crippen molar-refractivity contribution >= 4 is 5.91 Å². The normalized spacial score (nSPS) is 13.4. The zero-order chi connectivity index (χ0) is 17.7. The van der Waals surface area contributed by atoms with E-state index in [9.17, 15) is 13.6 Å². The van der Waals surface area contributed by atoms with E-state index in [0.717, 1.165) is 16.7 Å². The monoisotopic (exact) mass is 334 g/mol. The standard InChI is InChI=1S/C18H20F2N2O2/c1-11-3-5-14(6-4-11)16(21)17(23)22-12(2)13-7-9-15(10-8-13)24-18(19)20/h3-10,12,16,18H,21H2,1-2H3,(H,22,23). The Hall–Kier alpha value is -2.47. The van der Waals surface area contributed by atoms with Crippen LogP contribution in [-0.2, 0) is 4.79 Å². The first-order chi connectivity index (χ1) is 11.4. The van der Waals surface area contributed by atoms with Gasteiger partial charge in [-0.05, 0) is 37.1 Å². The number of carbonyl (C=O) groups excluding carboxylic acids is 1. The number of rotatable bonds is 6. The molecule has 0 saturated heterocycles. The molecule has 0 aliphatic carbocycles. The SMILES string of the molecule is Cc1ccc(C(N)C(=O)NC(C)c2ccc(OC(F)F)cc2)cc1. The molecule has 24 heavy (non-hydrogen) atoms. The highest BCUT2D eigenvalue weighted by Gasteiger charge is 2.18. The van der Waals surface area contributed by atoms with E-state index in [2.05, 4.69) is 10.1 Å². The molecule has 2 atom stereocenters. The smallest absolute Gasteiger partial charge is 0.387 e. The predicted octanol–water partition coefficient (Wildman–Crippen LogP) is 3.47. The zero-order valence-electron chi connectivity index (χ0n) is 13.5. The van der Waals surface area contributed by atoms with Crippen LogP contribution in [0.25, 0.3) is 0 Å². The van der Waals surface area contributed by atoms with E-state index in [-0.39, 0.29) is 17.7 Å². The van der Waals surface area contributed by atoms with Gasteiger partial charge in [0, 0.05) is 0 Å². The number of ether oxygens (including phenoxy) is 1. The number of halogens is 2. The van der Waals surface area contributed by atoms with E-state index in [1.807, 2.05) is 31.2 Å². The van der Waals surface area contributed by atoms with Crippen LogP contribution in [0.15, 0.2) is 48.5 Å². The van der Waals surface area contributed by atoms with Gasteiger partial charge in [-0.3, -0.25) is 4.79 Å². The lowest BCUT2D eigenvalue weighted by Crippen LogP contribution is -2.35. The molecule has 0 bridgehead atoms. The van der Waals surface area contributed by atoms with Crippen LogP contribution in [0, 0.1) is 6.92 Å². The molecular weight excluding hydrogens is 314 g/mol. The van der Waals surface area contributed by atoms with E-state index in [4.69, 9.17) is 5.73 Å². The maximum Gasteiger partial charge on any atom is 0.387 e. The summed E-state index contributed by atoms with van der Waals surface area (Å²) < 4.78 is 28.6. The number of nitrogens with one attached hydrogen (secondary N) is 1. The van der Waals surface area contributed by atoms with Crippen molar-refractivity contribution in [3.05, 3.63) is 65.2 Å². The molecule has 2 aromatic carbocycles. The third kappa shape index (κ3) is 4.76. The quantitative estimate of drug-likeness (QED) is 0.850. The molecule has 2 aromatic rings. The lowest BCUT2D eigenvalue weighted by atomic mass is 10.0. The second kappa shape index (κ2) is 7.88. The van der Waals surface area contributed by atoms with E-state index >= 15 is 0 Å². The molecule has 2 rings (SSSR count). The largest absolute Gasteiger partial charge is 0.435 e. The van der Waals surface area contributed by atoms with Gasteiger partial charge in [0.1, 0.15) is 11.8 Å². The molecule has 0 aliphatic heterocycles. The number of benzene rings is 2. The Bertz CT molecular complexity index is 672. The molecule has 128 valence electrons. The second-order valence-corrected chi connectivity index (χ2v) is 5.57. The topological polar surface area (TPSA) is 64.4 Å². The third-order valence-corrected chi connectivity index (χ3v) is 3.68. The van der Waals surface area contributed by atoms with Crippen LogP contribution in [0.2, 0.25) is 0 Å². The van der Waals surface area contributed by atoms with E-state index in [0.29, 0.717) is 0 Å². The van der Waals surface area contributed by atoms with E-state index in [1.165, 1.54) is 12.1 Å². The Labute approximate surface area is 139 Å². The maximum absolute atomic E-state index is 12.3. The van der Waals surface area contributed by atoms with Crippen molar-refractivity contribution in [3.8, 4) is 5.75 Å². The van der Waals surface area contributed by atoms with Gasteiger partial charge in [-0.15, -0.1) is 0 Å². The molecule has 0 saturated carbocycles. The maximum atomic E-state index is 12.3. The summed E-state index contributed by atoms with van der Waals surface area (Å²) >= 11 is 0. The first kappa shape index (κ1) is 17.9. The number of carbonyl (C=O) groups is 1. The number of alkyl halides is 2. The van der Waals surface area contributed by atoms with Gasteiger partial charge in [-0.25, -0.2) is 0 Å². The Kier molecular flexibility index (Phi) is 5.87. The summed E-state index contributed by atoms with van der Waals surface area (Å²) in [6.07, 6.45) is 0. The lowest BCUT2D eigenvalue weighted by molar-refractivity contribution is -0.123. The van der Waals surface area contributed by atoms with Crippen LogP contribution < -0.4 is 15.8 Å². The molecule has 2 unspecified atom stereocenters. The number of hydrogen-bond donors (Lipinski definition) is 2. The highest BCUT2D eigenvalue weighted by molar-refractivity contribution is 5.83. The number of nitrogens with two attached hydrogens (primary N) is 1. The van der Waals surface area contributed by atoms with Gasteiger partial charge in [-0.1, -0.05) is 42.0 Å². The third-order valence-electron chi connectivity index (χ3n) is 3.68. The van der Waals surface area contributed by atoms with Gasteiger partial charge in [0.25, 0.3) is 0 Å². The summed E-state index contributed by atoms with van der Waals surface area (Å²) in [5, 5.41) is 2.82. The zero-order valence-corrected chi connectivity index (χ0v) is 13.5. The van der Waals surface area contributed by atoms with Crippen LogP contribution in [-0.4, -0.2) is 12.5 Å². The van der Waals surface area contributed by atoms with Gasteiger partial charge in [0.2, 0.25) is 5.91 Å². The summed E-state index contributed by atoms with van der Waals surface area (Å²) in [6, 6.07) is 12.5. The molecule has 4 nitrogen and oxygen atoms in total. The van der Waals surface area contributed by atoms with Crippen molar-refractivity contribution in [1.29, 1.82) is 0 Å². The molecule has 6 heteroatoms. The van der Waals surface area contributed by atoms with Gasteiger partial charge in [0.05, 0.1) is 6.04 Å². The molecular formula is C18H20F2N2O2. The molecule has 3 N–H and O–H groups in total. The average Bonchev–Trinajstić information content (AvgIpc) is 2.55.